The van der Waals surface area contributed by atoms with Crippen molar-refractivity contribution in [3.63, 3.8) is 0 Å². The van der Waals surface area contributed by atoms with Crippen molar-refractivity contribution in [1.82, 2.24) is 4.98 Å². The Labute approximate surface area is 151 Å². The van der Waals surface area contributed by atoms with Gasteiger partial charge in [0.2, 0.25) is 0 Å². The van der Waals surface area contributed by atoms with Crippen molar-refractivity contribution in [3.8, 4) is 5.75 Å². The molecule has 2 aromatic rings. The fraction of sp³-hybridized carbons (Fsp3) is 0.278. The molecule has 1 heterocycles. The quantitative estimate of drug-likeness (QED) is 0.602. The van der Waals surface area contributed by atoms with E-state index in [0.29, 0.717) is 17.9 Å². The summed E-state index contributed by atoms with van der Waals surface area (Å²) < 4.78 is 10.8. The van der Waals surface area contributed by atoms with Crippen LogP contribution >= 0.6 is 11.6 Å². The number of esters is 1. The van der Waals surface area contributed by atoms with Gasteiger partial charge in [-0.1, -0.05) is 36.7 Å². The molecular weight excluding hydrogens is 344 g/mol. The predicted molar refractivity (Wildman–Crippen MR) is 94.6 cm³/mol. The van der Waals surface area contributed by atoms with Gasteiger partial charge < -0.3 is 14.8 Å². The van der Waals surface area contributed by atoms with Gasteiger partial charge in [0.1, 0.15) is 5.75 Å². The van der Waals surface area contributed by atoms with Gasteiger partial charge in [-0.15, -0.1) is 0 Å². The molecule has 0 saturated heterocycles. The number of halogens is 1. The van der Waals surface area contributed by atoms with Gasteiger partial charge in [0.05, 0.1) is 5.69 Å². The first-order valence-corrected chi connectivity index (χ1v) is 8.22. The molecule has 1 aromatic heterocycles. The van der Waals surface area contributed by atoms with Crippen LogP contribution in [0.15, 0.2) is 48.7 Å². The average Bonchev–Trinajstić information content (AvgIpc) is 2.62. The molecule has 0 aliphatic heterocycles. The summed E-state index contributed by atoms with van der Waals surface area (Å²) in [7, 11) is 0. The number of para-hydroxylation sites is 1. The number of carbonyl (C=O) groups excluding carboxylic acids is 2. The summed E-state index contributed by atoms with van der Waals surface area (Å²) in [5.41, 5.74) is 0.352. The van der Waals surface area contributed by atoms with E-state index in [1.165, 1.54) is 13.1 Å². The van der Waals surface area contributed by atoms with Crippen LogP contribution in [0.5, 0.6) is 5.75 Å². The van der Waals surface area contributed by atoms with Crippen molar-refractivity contribution in [3.05, 3.63) is 53.8 Å². The molecule has 2 rings (SSSR count). The fourth-order valence-corrected chi connectivity index (χ4v) is 2.15. The number of ether oxygens (including phenoxy) is 2. The highest BCUT2D eigenvalue weighted by Crippen LogP contribution is 2.18. The topological polar surface area (TPSA) is 77.5 Å². The second-order valence-electron chi connectivity index (χ2n) is 5.24. The van der Waals surface area contributed by atoms with E-state index in [1.54, 1.807) is 43.3 Å². The molecule has 0 saturated carbocycles. The lowest BCUT2D eigenvalue weighted by Gasteiger charge is -2.19. The van der Waals surface area contributed by atoms with Crippen LogP contribution in [0.1, 0.15) is 20.3 Å². The van der Waals surface area contributed by atoms with Crippen LogP contribution in [0.25, 0.3) is 0 Å². The molecule has 0 bridgehead atoms. The van der Waals surface area contributed by atoms with E-state index in [-0.39, 0.29) is 5.15 Å². The predicted octanol–water partition coefficient (Wildman–Crippen LogP) is 3.46. The van der Waals surface area contributed by atoms with Gasteiger partial charge in [0.15, 0.2) is 17.4 Å². The molecule has 1 aromatic carbocycles. The molecule has 132 valence electrons. The summed E-state index contributed by atoms with van der Waals surface area (Å²) in [6.45, 7) is 3.28. The van der Waals surface area contributed by atoms with Crippen molar-refractivity contribution < 1.29 is 19.1 Å². The fourth-order valence-electron chi connectivity index (χ4n) is 1.98. The average molecular weight is 363 g/mol. The first kappa shape index (κ1) is 18.7. The van der Waals surface area contributed by atoms with Crippen molar-refractivity contribution >= 4 is 29.2 Å². The van der Waals surface area contributed by atoms with Crippen LogP contribution in [-0.4, -0.2) is 29.1 Å². The maximum Gasteiger partial charge on any atom is 0.348 e. The third kappa shape index (κ3) is 5.46. The lowest BCUT2D eigenvalue weighted by atomic mass is 10.2. The third-order valence-electron chi connectivity index (χ3n) is 3.33. The van der Waals surface area contributed by atoms with E-state index in [2.05, 4.69) is 10.3 Å². The van der Waals surface area contributed by atoms with Crippen LogP contribution < -0.4 is 10.1 Å². The van der Waals surface area contributed by atoms with Crippen LogP contribution in [-0.2, 0) is 14.3 Å². The molecular formula is C18H19ClN2O4. The van der Waals surface area contributed by atoms with Gasteiger partial charge in [0.25, 0.3) is 5.91 Å². The Balaban J connectivity index is 1.93. The zero-order valence-corrected chi connectivity index (χ0v) is 14.7. The summed E-state index contributed by atoms with van der Waals surface area (Å²) in [5, 5.41) is 2.73. The first-order valence-electron chi connectivity index (χ1n) is 7.84. The summed E-state index contributed by atoms with van der Waals surface area (Å²) in [4.78, 5) is 28.3. The largest absolute Gasteiger partial charge is 0.479 e. The standard InChI is InChI=1S/C18H19ClN2O4/c1-3-15(25-13-8-5-4-6-9-13)18(23)24-12(2)17(22)21-14-10-7-11-20-16(14)19/h4-12,15H,3H2,1-2H3,(H,21,22)/t12-,15-/m0/s1. The number of amides is 1. The molecule has 0 aliphatic carbocycles. The zero-order chi connectivity index (χ0) is 18.2. The Morgan fingerprint density at radius 2 is 1.92 bits per heavy atom. The smallest absolute Gasteiger partial charge is 0.348 e. The summed E-state index contributed by atoms with van der Waals surface area (Å²) in [5.74, 6) is -0.547. The molecule has 2 atom stereocenters. The molecule has 0 unspecified atom stereocenters. The van der Waals surface area contributed by atoms with Crippen molar-refractivity contribution in [1.29, 1.82) is 0 Å². The van der Waals surface area contributed by atoms with E-state index >= 15 is 0 Å². The summed E-state index contributed by atoms with van der Waals surface area (Å²) in [6, 6.07) is 12.2. The number of carbonyl (C=O) groups is 2. The van der Waals surface area contributed by atoms with E-state index in [9.17, 15) is 9.59 Å². The van der Waals surface area contributed by atoms with Gasteiger partial charge in [0, 0.05) is 6.20 Å². The first-order chi connectivity index (χ1) is 12.0. The minimum absolute atomic E-state index is 0.160. The minimum Gasteiger partial charge on any atom is -0.479 e. The maximum absolute atomic E-state index is 12.2. The number of hydrogen-bond acceptors (Lipinski definition) is 5. The molecule has 6 nitrogen and oxygen atoms in total. The minimum atomic E-state index is -1.00. The third-order valence-corrected chi connectivity index (χ3v) is 3.64. The Bertz CT molecular complexity index is 724. The highest BCUT2D eigenvalue weighted by molar-refractivity contribution is 6.32. The number of nitrogens with one attached hydrogen (secondary N) is 1. The SMILES string of the molecule is CC[C@H](Oc1ccccc1)C(=O)O[C@@H](C)C(=O)Nc1cccnc1Cl. The second kappa shape index (κ2) is 9.03. The van der Waals surface area contributed by atoms with Crippen molar-refractivity contribution in [2.24, 2.45) is 0 Å². The Hall–Kier alpha value is -2.60. The normalized spacial score (nSPS) is 12.8. The van der Waals surface area contributed by atoms with Gasteiger partial charge in [-0.05, 0) is 37.6 Å². The Kier molecular flexibility index (Phi) is 6.77. The maximum atomic E-state index is 12.2. The lowest BCUT2D eigenvalue weighted by molar-refractivity contribution is -0.160. The molecule has 0 spiro atoms. The molecule has 25 heavy (non-hydrogen) atoms. The number of anilines is 1. The second-order valence-corrected chi connectivity index (χ2v) is 5.60. The lowest BCUT2D eigenvalue weighted by Crippen LogP contribution is -2.36. The van der Waals surface area contributed by atoms with E-state index < -0.39 is 24.1 Å². The summed E-state index contributed by atoms with van der Waals surface area (Å²) in [6.07, 6.45) is 0.127. The number of hydrogen-bond donors (Lipinski definition) is 1. The van der Waals surface area contributed by atoms with Gasteiger partial charge in [-0.3, -0.25) is 4.79 Å². The van der Waals surface area contributed by atoms with Gasteiger partial charge in [-0.2, -0.15) is 0 Å². The molecule has 0 radical (unpaired) electrons. The molecule has 1 N–H and O–H groups in total. The van der Waals surface area contributed by atoms with Crippen LogP contribution in [0, 0.1) is 0 Å². The zero-order valence-electron chi connectivity index (χ0n) is 13.9. The number of aromatic nitrogens is 1. The van der Waals surface area contributed by atoms with Crippen molar-refractivity contribution in [2.45, 2.75) is 32.5 Å². The molecule has 7 heteroatoms. The highest BCUT2D eigenvalue weighted by atomic mass is 35.5. The Morgan fingerprint density at radius 1 is 1.20 bits per heavy atom. The highest BCUT2D eigenvalue weighted by Gasteiger charge is 2.25. The van der Waals surface area contributed by atoms with Gasteiger partial charge >= 0.3 is 5.97 Å². The van der Waals surface area contributed by atoms with Crippen molar-refractivity contribution in [2.75, 3.05) is 5.32 Å². The van der Waals surface area contributed by atoms with E-state index in [1.807, 2.05) is 6.07 Å². The Morgan fingerprint density at radius 3 is 2.56 bits per heavy atom. The monoisotopic (exact) mass is 362 g/mol. The van der Waals surface area contributed by atoms with Crippen LogP contribution in [0.3, 0.4) is 0 Å². The van der Waals surface area contributed by atoms with E-state index in [4.69, 9.17) is 21.1 Å². The molecule has 0 aliphatic rings. The van der Waals surface area contributed by atoms with Crippen LogP contribution in [0.4, 0.5) is 5.69 Å². The number of benzene rings is 1. The number of rotatable bonds is 7. The molecule has 1 amide bonds. The molecule has 0 fully saturated rings. The van der Waals surface area contributed by atoms with Gasteiger partial charge in [-0.25, -0.2) is 9.78 Å². The van der Waals surface area contributed by atoms with E-state index in [0.717, 1.165) is 0 Å². The number of nitrogens with zero attached hydrogens (tertiary/aromatic N) is 1. The van der Waals surface area contributed by atoms with Crippen LogP contribution in [0.2, 0.25) is 5.15 Å². The number of pyridine rings is 1. The summed E-state index contributed by atoms with van der Waals surface area (Å²) >= 11 is 5.89.